The molecule has 182 valence electrons. The van der Waals surface area contributed by atoms with E-state index in [0.29, 0.717) is 12.8 Å². The second kappa shape index (κ2) is 11.9. The van der Waals surface area contributed by atoms with Gasteiger partial charge in [0.05, 0.1) is 25.1 Å². The molecule has 13 nitrogen and oxygen atoms in total. The van der Waals surface area contributed by atoms with E-state index in [4.69, 9.17) is 28.8 Å². The molecule has 0 aliphatic carbocycles. The van der Waals surface area contributed by atoms with Crippen LogP contribution in [0.25, 0.3) is 11.2 Å². The lowest BCUT2D eigenvalue weighted by atomic mass is 10.2. The van der Waals surface area contributed by atoms with E-state index in [9.17, 15) is 13.8 Å². The Hall–Kier alpha value is -2.82. The smallest absolute Gasteiger partial charge is 0.432 e. The van der Waals surface area contributed by atoms with Crippen molar-refractivity contribution in [3.63, 3.8) is 0 Å². The minimum atomic E-state index is -3.99. The Balaban J connectivity index is 0.00000187. The summed E-state index contributed by atoms with van der Waals surface area (Å²) in [6, 6.07) is 0. The molecule has 2 aromatic heterocycles. The van der Waals surface area contributed by atoms with Crippen LogP contribution in [-0.4, -0.2) is 58.4 Å². The van der Waals surface area contributed by atoms with Crippen molar-refractivity contribution in [3.8, 4) is 12.8 Å². The van der Waals surface area contributed by atoms with Crippen molar-refractivity contribution in [2.24, 2.45) is 0 Å². The van der Waals surface area contributed by atoms with Crippen molar-refractivity contribution >= 4 is 31.0 Å². The Kier molecular flexibility index (Phi) is 9.51. The predicted octanol–water partition coefficient (Wildman–Crippen LogP) is 2.78. The number of nitrogens with two attached hydrogens (primary N) is 1. The van der Waals surface area contributed by atoms with Crippen molar-refractivity contribution in [3.05, 3.63) is 12.4 Å². The summed E-state index contributed by atoms with van der Waals surface area (Å²) in [6.07, 6.45) is 7.20. The molecule has 1 saturated heterocycles. The number of aromatic nitrogens is 4. The molecule has 0 saturated carbocycles. The van der Waals surface area contributed by atoms with Gasteiger partial charge < -0.3 is 19.9 Å². The van der Waals surface area contributed by atoms with Gasteiger partial charge in [-0.05, 0) is 26.7 Å². The van der Waals surface area contributed by atoms with Gasteiger partial charge in [-0.2, -0.15) is 14.4 Å². The number of carbonyl (C=O) groups is 1. The Labute approximate surface area is 189 Å². The molecule has 0 radical (unpaired) electrons. The maximum absolute atomic E-state index is 13.5. The number of hydrogen-bond donors (Lipinski definition) is 1. The number of phosphoric ester groups is 1. The fourth-order valence-electron chi connectivity index (χ4n) is 2.82. The summed E-state index contributed by atoms with van der Waals surface area (Å²) in [5.41, 5.74) is 6.13. The van der Waals surface area contributed by atoms with Crippen molar-refractivity contribution in [2.75, 3.05) is 26.2 Å². The first-order chi connectivity index (χ1) is 15.7. The molecule has 1 aliphatic rings. The maximum Gasteiger partial charge on any atom is 0.510 e. The van der Waals surface area contributed by atoms with Crippen LogP contribution in [0.2, 0.25) is 0 Å². The first kappa shape index (κ1) is 26.4. The summed E-state index contributed by atoms with van der Waals surface area (Å²) in [5.74, 6) is -0.0724. The zero-order chi connectivity index (χ0) is 24.6. The molecule has 3 unspecified atom stereocenters. The number of nitrogen functional groups attached to an aromatic ring is 1. The third-order valence-corrected chi connectivity index (χ3v) is 5.51. The number of imidazole rings is 1. The molecule has 2 N–H and O–H groups in total. The molecule has 3 rings (SSSR count). The Morgan fingerprint density at radius 3 is 2.76 bits per heavy atom. The Morgan fingerprint density at radius 2 is 2.09 bits per heavy atom. The summed E-state index contributed by atoms with van der Waals surface area (Å²) in [6.45, 7) is 2.48. The van der Waals surface area contributed by atoms with E-state index in [1.54, 1.807) is 13.8 Å². The number of hydrogen-bond acceptors (Lipinski definition) is 12. The van der Waals surface area contributed by atoms with Crippen LogP contribution in [0.1, 0.15) is 32.9 Å². The van der Waals surface area contributed by atoms with Gasteiger partial charge in [-0.15, -0.1) is 12.8 Å². The highest BCUT2D eigenvalue weighted by atomic mass is 31.2. The summed E-state index contributed by atoms with van der Waals surface area (Å²) in [5, 5.41) is 0. The molecule has 0 spiro atoms. The zero-order valence-corrected chi connectivity index (χ0v) is 19.1. The van der Waals surface area contributed by atoms with E-state index < -0.39 is 39.2 Å². The van der Waals surface area contributed by atoms with E-state index in [0.717, 1.165) is 7.11 Å². The summed E-state index contributed by atoms with van der Waals surface area (Å²) in [7, 11) is -2.87. The SMILES string of the molecule is C#C.COP(=O)(OCOC(=O)OC(C)C)OCC1CCC(n2cnc3c(N)nc(F)nc32)O1. The molecule has 0 amide bonds. The number of nitrogens with zero attached hydrogens (tertiary/aromatic N) is 4. The highest BCUT2D eigenvalue weighted by Crippen LogP contribution is 2.49. The van der Waals surface area contributed by atoms with E-state index in [2.05, 4.69) is 32.5 Å². The van der Waals surface area contributed by atoms with Gasteiger partial charge in [0.1, 0.15) is 6.23 Å². The number of anilines is 1. The second-order valence-electron chi connectivity index (χ2n) is 6.73. The van der Waals surface area contributed by atoms with Gasteiger partial charge in [-0.3, -0.25) is 13.6 Å². The average Bonchev–Trinajstić information content (AvgIpc) is 3.40. The third kappa shape index (κ3) is 7.08. The lowest BCUT2D eigenvalue weighted by Gasteiger charge is -2.19. The molecule has 1 aliphatic heterocycles. The van der Waals surface area contributed by atoms with E-state index >= 15 is 0 Å². The minimum Gasteiger partial charge on any atom is -0.432 e. The number of fused-ring (bicyclic) bond motifs is 1. The molecule has 2 aromatic rings. The normalized spacial score (nSPS) is 19.6. The third-order valence-electron chi connectivity index (χ3n) is 4.18. The number of phosphoric acid groups is 1. The molecule has 15 heteroatoms. The summed E-state index contributed by atoms with van der Waals surface area (Å²) < 4.78 is 57.7. The Bertz CT molecular complexity index is 1020. The number of ether oxygens (including phenoxy) is 3. The van der Waals surface area contributed by atoms with E-state index in [1.807, 2.05) is 0 Å². The number of terminal acetylenes is 1. The summed E-state index contributed by atoms with van der Waals surface area (Å²) >= 11 is 0. The van der Waals surface area contributed by atoms with Crippen molar-refractivity contribution in [1.29, 1.82) is 0 Å². The summed E-state index contributed by atoms with van der Waals surface area (Å²) in [4.78, 5) is 22.6. The van der Waals surface area contributed by atoms with Crippen LogP contribution in [0.15, 0.2) is 6.33 Å². The largest absolute Gasteiger partial charge is 0.510 e. The van der Waals surface area contributed by atoms with Crippen LogP contribution < -0.4 is 5.73 Å². The van der Waals surface area contributed by atoms with Crippen LogP contribution in [0.5, 0.6) is 0 Å². The number of halogens is 1. The molecular formula is C18H25FN5O8P. The molecule has 0 bridgehead atoms. The average molecular weight is 489 g/mol. The standard InChI is InChI=1S/C16H23FN5O8P.C2H2/c1-9(2)29-16(23)26-8-28-31(24,25-3)27-6-10-4-5-11(30-10)22-7-19-12-13(18)20-15(17)21-14(12)22;1-2/h7,9-11H,4-6,8H2,1-3H3,(H2,18,20,21);1-2H. The van der Waals surface area contributed by atoms with Crippen LogP contribution in [0.3, 0.4) is 0 Å². The lowest BCUT2D eigenvalue weighted by Crippen LogP contribution is -2.18. The van der Waals surface area contributed by atoms with Crippen LogP contribution >= 0.6 is 7.82 Å². The topological polar surface area (TPSA) is 159 Å². The molecule has 3 heterocycles. The molecule has 3 atom stereocenters. The first-order valence-electron chi connectivity index (χ1n) is 9.63. The predicted molar refractivity (Wildman–Crippen MR) is 112 cm³/mol. The highest BCUT2D eigenvalue weighted by molar-refractivity contribution is 7.48. The highest BCUT2D eigenvalue weighted by Gasteiger charge is 2.33. The fourth-order valence-corrected chi connectivity index (χ4v) is 3.63. The van der Waals surface area contributed by atoms with Gasteiger partial charge in [0.2, 0.25) is 6.79 Å². The Morgan fingerprint density at radius 1 is 1.36 bits per heavy atom. The second-order valence-corrected chi connectivity index (χ2v) is 8.50. The van der Waals surface area contributed by atoms with Crippen LogP contribution in [-0.2, 0) is 32.3 Å². The number of carbonyl (C=O) groups excluding carboxylic acids is 1. The van der Waals surface area contributed by atoms with E-state index in [-0.39, 0.29) is 29.7 Å². The molecular weight excluding hydrogens is 464 g/mol. The van der Waals surface area contributed by atoms with Crippen molar-refractivity contribution in [1.82, 2.24) is 19.5 Å². The number of rotatable bonds is 9. The van der Waals surface area contributed by atoms with Gasteiger partial charge in [-0.1, -0.05) is 0 Å². The maximum atomic E-state index is 13.5. The zero-order valence-electron chi connectivity index (χ0n) is 18.2. The first-order valence-corrected chi connectivity index (χ1v) is 11.1. The van der Waals surface area contributed by atoms with Gasteiger partial charge in [0, 0.05) is 7.11 Å². The molecule has 33 heavy (non-hydrogen) atoms. The molecule has 0 aromatic carbocycles. The van der Waals surface area contributed by atoms with Crippen LogP contribution in [0.4, 0.5) is 15.0 Å². The van der Waals surface area contributed by atoms with Gasteiger partial charge in [-0.25, -0.2) is 18.9 Å². The molecule has 1 fully saturated rings. The van der Waals surface area contributed by atoms with Crippen molar-refractivity contribution < 1.29 is 41.5 Å². The van der Waals surface area contributed by atoms with Gasteiger partial charge >= 0.3 is 20.1 Å². The monoisotopic (exact) mass is 489 g/mol. The van der Waals surface area contributed by atoms with Crippen molar-refractivity contribution in [2.45, 2.75) is 45.1 Å². The quantitative estimate of drug-likeness (QED) is 0.181. The fraction of sp³-hybridized carbons (Fsp3) is 0.556. The van der Waals surface area contributed by atoms with Crippen LogP contribution in [0, 0.1) is 18.9 Å². The van der Waals surface area contributed by atoms with E-state index in [1.165, 1.54) is 10.9 Å². The van der Waals surface area contributed by atoms with Gasteiger partial charge in [0.25, 0.3) is 0 Å². The lowest BCUT2D eigenvalue weighted by molar-refractivity contribution is -0.0394. The minimum absolute atomic E-state index is 0.0724. The van der Waals surface area contributed by atoms with Gasteiger partial charge in [0.15, 0.2) is 17.0 Å².